The number of hydrogen-bond donors (Lipinski definition) is 1. The topological polar surface area (TPSA) is 21.3 Å². The van der Waals surface area contributed by atoms with Crippen LogP contribution in [0.3, 0.4) is 0 Å². The Morgan fingerprint density at radius 1 is 1.33 bits per heavy atom. The molecule has 0 spiro atoms. The molecule has 0 atom stereocenters. The lowest BCUT2D eigenvalue weighted by molar-refractivity contribution is 0.376. The molecule has 82 valence electrons. The highest BCUT2D eigenvalue weighted by molar-refractivity contribution is 5.33. The molecule has 0 bridgehead atoms. The molecule has 1 aliphatic heterocycles. The van der Waals surface area contributed by atoms with E-state index in [0.29, 0.717) is 11.7 Å². The van der Waals surface area contributed by atoms with Gasteiger partial charge in [-0.15, -0.1) is 0 Å². The van der Waals surface area contributed by atoms with Crippen molar-refractivity contribution >= 4 is 0 Å². The molecule has 1 aliphatic rings. The second kappa shape index (κ2) is 4.62. The van der Waals surface area contributed by atoms with E-state index in [9.17, 15) is 4.39 Å². The Morgan fingerprint density at radius 3 is 2.73 bits per heavy atom. The third kappa shape index (κ3) is 2.12. The number of hydrogen-bond acceptors (Lipinski definition) is 2. The molecule has 0 saturated carbocycles. The van der Waals surface area contributed by atoms with Crippen molar-refractivity contribution in [1.29, 1.82) is 0 Å². The van der Waals surface area contributed by atoms with Crippen LogP contribution in [0.15, 0.2) is 18.2 Å². The van der Waals surface area contributed by atoms with E-state index in [2.05, 4.69) is 5.32 Å². The van der Waals surface area contributed by atoms with Crippen molar-refractivity contribution in [2.45, 2.75) is 18.8 Å². The summed E-state index contributed by atoms with van der Waals surface area (Å²) in [4.78, 5) is 0. The van der Waals surface area contributed by atoms with Gasteiger partial charge >= 0.3 is 0 Å². The van der Waals surface area contributed by atoms with Crippen molar-refractivity contribution in [3.8, 4) is 5.75 Å². The molecule has 15 heavy (non-hydrogen) atoms. The zero-order chi connectivity index (χ0) is 10.7. The van der Waals surface area contributed by atoms with E-state index in [-0.39, 0.29) is 5.82 Å². The molecule has 1 heterocycles. The van der Waals surface area contributed by atoms with Gasteiger partial charge in [-0.3, -0.25) is 0 Å². The van der Waals surface area contributed by atoms with Crippen LogP contribution in [-0.2, 0) is 0 Å². The van der Waals surface area contributed by atoms with Gasteiger partial charge in [0.15, 0.2) is 11.6 Å². The first-order valence-corrected chi connectivity index (χ1v) is 5.36. The highest BCUT2D eigenvalue weighted by Crippen LogP contribution is 2.31. The predicted molar refractivity (Wildman–Crippen MR) is 57.8 cm³/mol. The summed E-state index contributed by atoms with van der Waals surface area (Å²) in [5, 5.41) is 3.28. The van der Waals surface area contributed by atoms with Gasteiger partial charge in [-0.1, -0.05) is 12.1 Å². The van der Waals surface area contributed by atoms with E-state index in [1.165, 1.54) is 7.11 Å². The lowest BCUT2D eigenvalue weighted by Gasteiger charge is -2.23. The second-order valence-electron chi connectivity index (χ2n) is 3.89. The van der Waals surface area contributed by atoms with E-state index in [4.69, 9.17) is 4.74 Å². The van der Waals surface area contributed by atoms with Crippen LogP contribution in [0.1, 0.15) is 24.3 Å². The summed E-state index contributed by atoms with van der Waals surface area (Å²) in [7, 11) is 1.50. The van der Waals surface area contributed by atoms with Gasteiger partial charge in [0.2, 0.25) is 0 Å². The number of halogens is 1. The number of methoxy groups -OCH3 is 1. The minimum atomic E-state index is -0.188. The van der Waals surface area contributed by atoms with Crippen LogP contribution < -0.4 is 10.1 Å². The number of ether oxygens (including phenoxy) is 1. The van der Waals surface area contributed by atoms with E-state index in [1.807, 2.05) is 12.1 Å². The number of nitrogens with one attached hydrogen (secondary N) is 1. The predicted octanol–water partition coefficient (Wildman–Crippen LogP) is 2.30. The second-order valence-corrected chi connectivity index (χ2v) is 3.89. The number of benzene rings is 1. The van der Waals surface area contributed by atoms with Crippen LogP contribution in [0.5, 0.6) is 5.75 Å². The normalized spacial score (nSPS) is 17.7. The summed E-state index contributed by atoms with van der Waals surface area (Å²) in [6.45, 7) is 1.95. The van der Waals surface area contributed by atoms with Gasteiger partial charge in [0.05, 0.1) is 7.11 Å². The fraction of sp³-hybridized carbons (Fsp3) is 0.500. The number of rotatable bonds is 2. The van der Waals surface area contributed by atoms with Crippen LogP contribution >= 0.6 is 0 Å². The maximum Gasteiger partial charge on any atom is 0.168 e. The molecule has 0 aliphatic carbocycles. The lowest BCUT2D eigenvalue weighted by Crippen LogP contribution is -2.27. The monoisotopic (exact) mass is 209 g/mol. The van der Waals surface area contributed by atoms with Gasteiger partial charge in [0, 0.05) is 0 Å². The summed E-state index contributed by atoms with van der Waals surface area (Å²) >= 11 is 0. The molecule has 2 nitrogen and oxygen atoms in total. The average molecular weight is 209 g/mol. The van der Waals surface area contributed by atoms with Gasteiger partial charge in [-0.05, 0) is 43.5 Å². The van der Waals surface area contributed by atoms with Crippen LogP contribution in [0, 0.1) is 5.82 Å². The van der Waals surface area contributed by atoms with Gasteiger partial charge in [-0.2, -0.15) is 0 Å². The van der Waals surface area contributed by atoms with Gasteiger partial charge in [0.25, 0.3) is 0 Å². The maximum absolute atomic E-state index is 13.9. The van der Waals surface area contributed by atoms with Gasteiger partial charge in [-0.25, -0.2) is 4.39 Å². The largest absolute Gasteiger partial charge is 0.494 e. The van der Waals surface area contributed by atoms with E-state index in [1.54, 1.807) is 6.07 Å². The Morgan fingerprint density at radius 2 is 2.07 bits per heavy atom. The average Bonchev–Trinajstić information content (AvgIpc) is 2.30. The molecular weight excluding hydrogens is 193 g/mol. The first-order valence-electron chi connectivity index (χ1n) is 5.36. The molecule has 3 heteroatoms. The molecule has 0 aromatic heterocycles. The van der Waals surface area contributed by atoms with Crippen molar-refractivity contribution < 1.29 is 9.13 Å². The fourth-order valence-corrected chi connectivity index (χ4v) is 2.13. The molecule has 1 N–H and O–H groups in total. The molecule has 0 amide bonds. The molecule has 2 rings (SSSR count). The van der Waals surface area contributed by atoms with Gasteiger partial charge in [0.1, 0.15) is 0 Å². The highest BCUT2D eigenvalue weighted by Gasteiger charge is 2.20. The van der Waals surface area contributed by atoms with E-state index >= 15 is 0 Å². The van der Waals surface area contributed by atoms with Crippen molar-refractivity contribution in [3.05, 3.63) is 29.6 Å². The first-order chi connectivity index (χ1) is 7.33. The zero-order valence-corrected chi connectivity index (χ0v) is 8.92. The summed E-state index contributed by atoms with van der Waals surface area (Å²) in [5.41, 5.74) is 0.802. The molecule has 1 saturated heterocycles. The highest BCUT2D eigenvalue weighted by atomic mass is 19.1. The molecule has 0 unspecified atom stereocenters. The Hall–Kier alpha value is -1.09. The van der Waals surface area contributed by atoms with E-state index in [0.717, 1.165) is 31.5 Å². The standard InChI is InChI=1S/C12H16FNO/c1-15-11-4-2-3-10(12(11)13)9-5-7-14-8-6-9/h2-4,9,14H,5-8H2,1H3. The molecule has 0 radical (unpaired) electrons. The smallest absolute Gasteiger partial charge is 0.168 e. The minimum Gasteiger partial charge on any atom is -0.494 e. The molecule has 1 aromatic carbocycles. The van der Waals surface area contributed by atoms with E-state index < -0.39 is 0 Å². The third-order valence-electron chi connectivity index (χ3n) is 2.99. The summed E-state index contributed by atoms with van der Waals surface area (Å²) in [6.07, 6.45) is 2.01. The van der Waals surface area contributed by atoms with Crippen LogP contribution in [0.4, 0.5) is 4.39 Å². The quantitative estimate of drug-likeness (QED) is 0.807. The van der Waals surface area contributed by atoms with Crippen molar-refractivity contribution in [2.75, 3.05) is 20.2 Å². The summed E-state index contributed by atoms with van der Waals surface area (Å²) < 4.78 is 18.9. The first kappa shape index (κ1) is 10.4. The SMILES string of the molecule is COc1cccc(C2CCNCC2)c1F. The fourth-order valence-electron chi connectivity index (χ4n) is 2.13. The Bertz CT molecular complexity index is 334. The lowest BCUT2D eigenvalue weighted by atomic mass is 9.90. The summed E-state index contributed by atoms with van der Waals surface area (Å²) in [6, 6.07) is 5.40. The van der Waals surface area contributed by atoms with Crippen LogP contribution in [-0.4, -0.2) is 20.2 Å². The Kier molecular flexibility index (Phi) is 3.21. The van der Waals surface area contributed by atoms with Crippen molar-refractivity contribution in [1.82, 2.24) is 5.32 Å². The molecule has 1 aromatic rings. The van der Waals surface area contributed by atoms with Crippen LogP contribution in [0.25, 0.3) is 0 Å². The van der Waals surface area contributed by atoms with Crippen molar-refractivity contribution in [2.24, 2.45) is 0 Å². The molecular formula is C12H16FNO. The minimum absolute atomic E-state index is 0.188. The van der Waals surface area contributed by atoms with Crippen molar-refractivity contribution in [3.63, 3.8) is 0 Å². The Balaban J connectivity index is 2.26. The van der Waals surface area contributed by atoms with Gasteiger partial charge < -0.3 is 10.1 Å². The number of piperidine rings is 1. The third-order valence-corrected chi connectivity index (χ3v) is 2.99. The summed E-state index contributed by atoms with van der Waals surface area (Å²) in [5.74, 6) is 0.499. The van der Waals surface area contributed by atoms with Crippen LogP contribution in [0.2, 0.25) is 0 Å². The zero-order valence-electron chi connectivity index (χ0n) is 8.92. The molecule has 1 fully saturated rings. The maximum atomic E-state index is 13.9. The Labute approximate surface area is 89.4 Å².